The van der Waals surface area contributed by atoms with Gasteiger partial charge in [-0.1, -0.05) is 6.42 Å². The van der Waals surface area contributed by atoms with Crippen LogP contribution in [0.5, 0.6) is 5.88 Å². The average molecular weight is 494 g/mol. The van der Waals surface area contributed by atoms with Crippen molar-refractivity contribution >= 4 is 23.2 Å². The predicted molar refractivity (Wildman–Crippen MR) is 134 cm³/mol. The fourth-order valence-electron chi connectivity index (χ4n) is 6.09. The van der Waals surface area contributed by atoms with E-state index in [9.17, 15) is 9.18 Å². The summed E-state index contributed by atoms with van der Waals surface area (Å²) in [5.74, 6) is 0.539. The maximum Gasteiger partial charge on any atom is 0.262 e. The lowest BCUT2D eigenvalue weighted by Crippen LogP contribution is -2.69. The monoisotopic (exact) mass is 493 g/mol. The molecule has 1 atom stereocenters. The summed E-state index contributed by atoms with van der Waals surface area (Å²) in [7, 11) is 0. The van der Waals surface area contributed by atoms with Gasteiger partial charge in [-0.2, -0.15) is 4.98 Å². The summed E-state index contributed by atoms with van der Waals surface area (Å²) in [6.45, 7) is 6.96. The molecule has 1 aliphatic carbocycles. The molecular formula is C26H32FN7O2. The third kappa shape index (κ3) is 3.97. The number of nitrogens with one attached hydrogen (secondary N) is 2. The van der Waals surface area contributed by atoms with Crippen molar-refractivity contribution in [2.24, 2.45) is 11.3 Å². The van der Waals surface area contributed by atoms with Crippen LogP contribution in [-0.2, 0) is 0 Å². The number of nitrogens with zero attached hydrogens (tertiary/aromatic N) is 5. The fraction of sp³-hybridized carbons (Fsp3) is 0.538. The number of piperidine rings is 1. The summed E-state index contributed by atoms with van der Waals surface area (Å²) < 4.78 is 21.7. The normalized spacial score (nSPS) is 21.3. The van der Waals surface area contributed by atoms with E-state index in [2.05, 4.69) is 30.5 Å². The lowest BCUT2D eigenvalue weighted by Gasteiger charge is -2.60. The Labute approximate surface area is 209 Å². The van der Waals surface area contributed by atoms with E-state index in [4.69, 9.17) is 4.74 Å². The minimum atomic E-state index is -0.513. The minimum absolute atomic E-state index is 0.211. The maximum absolute atomic E-state index is 14.4. The first-order chi connectivity index (χ1) is 17.5. The Balaban J connectivity index is 1.16. The van der Waals surface area contributed by atoms with Crippen molar-refractivity contribution in [1.82, 2.24) is 24.7 Å². The highest BCUT2D eigenvalue weighted by atomic mass is 19.1. The summed E-state index contributed by atoms with van der Waals surface area (Å²) >= 11 is 0. The molecule has 2 N–H and O–H groups in total. The number of rotatable bonds is 6. The molecule has 1 unspecified atom stereocenters. The number of pyridine rings is 1. The van der Waals surface area contributed by atoms with Gasteiger partial charge in [0.2, 0.25) is 11.8 Å². The number of aromatic nitrogens is 4. The van der Waals surface area contributed by atoms with Crippen molar-refractivity contribution in [3.63, 3.8) is 0 Å². The predicted octanol–water partition coefficient (Wildman–Crippen LogP) is 3.58. The molecule has 1 spiro atoms. The second-order valence-corrected chi connectivity index (χ2v) is 10.4. The first-order valence-electron chi connectivity index (χ1n) is 12.9. The number of anilines is 2. The number of hydrogen-bond donors (Lipinski definition) is 2. The Kier molecular flexibility index (Phi) is 5.78. The number of ether oxygens (including phenoxy) is 1. The van der Waals surface area contributed by atoms with Crippen molar-refractivity contribution in [2.45, 2.75) is 52.0 Å². The van der Waals surface area contributed by atoms with Gasteiger partial charge >= 0.3 is 0 Å². The zero-order valence-electron chi connectivity index (χ0n) is 20.8. The van der Waals surface area contributed by atoms with Gasteiger partial charge in [0.05, 0.1) is 18.0 Å². The van der Waals surface area contributed by atoms with Crippen molar-refractivity contribution in [3.05, 3.63) is 41.7 Å². The number of hydrogen-bond acceptors (Lipinski definition) is 7. The molecule has 190 valence electrons. The molecule has 0 bridgehead atoms. The van der Waals surface area contributed by atoms with E-state index >= 15 is 0 Å². The summed E-state index contributed by atoms with van der Waals surface area (Å²) in [5.41, 5.74) is 2.00. The van der Waals surface area contributed by atoms with E-state index in [1.807, 2.05) is 6.92 Å². The minimum Gasteiger partial charge on any atom is -0.477 e. The van der Waals surface area contributed by atoms with E-state index in [0.29, 0.717) is 41.3 Å². The highest BCUT2D eigenvalue weighted by molar-refractivity contribution is 6.05. The molecule has 2 saturated heterocycles. The quantitative estimate of drug-likeness (QED) is 0.542. The van der Waals surface area contributed by atoms with Gasteiger partial charge in [0.25, 0.3) is 5.91 Å². The molecule has 0 aromatic carbocycles. The number of carbonyl (C=O) groups is 1. The second kappa shape index (κ2) is 8.99. The zero-order chi connectivity index (χ0) is 24.9. The van der Waals surface area contributed by atoms with Crippen molar-refractivity contribution < 1.29 is 13.9 Å². The molecule has 3 aromatic rings. The van der Waals surface area contributed by atoms with E-state index in [0.717, 1.165) is 25.9 Å². The highest BCUT2D eigenvalue weighted by Crippen LogP contribution is 2.52. The molecule has 3 aliphatic rings. The Morgan fingerprint density at radius 2 is 2.08 bits per heavy atom. The van der Waals surface area contributed by atoms with Gasteiger partial charge in [-0.05, 0) is 50.9 Å². The van der Waals surface area contributed by atoms with Crippen LogP contribution in [0.25, 0.3) is 5.65 Å². The standard InChI is InChI=1S/C26H32FN7O2/c1-3-36-24-19(23(35)31-18-11-20(27)22-30-16(2)13-34(22)14-18)12-28-25(32-24)33-9-5-17(6-10-33)21-26(15-29-21)7-4-8-26/h11-14,17,21,29H,3-10,15H2,1-2H3,(H,31,35). The van der Waals surface area contributed by atoms with Crippen LogP contribution in [0.4, 0.5) is 16.0 Å². The Morgan fingerprint density at radius 3 is 2.75 bits per heavy atom. The van der Waals surface area contributed by atoms with Crippen molar-refractivity contribution in [3.8, 4) is 5.88 Å². The number of fused-ring (bicyclic) bond motifs is 1. The van der Waals surface area contributed by atoms with Crippen LogP contribution < -0.4 is 20.3 Å². The summed E-state index contributed by atoms with van der Waals surface area (Å²) in [4.78, 5) is 28.5. The van der Waals surface area contributed by atoms with Gasteiger partial charge in [-0.25, -0.2) is 14.4 Å². The molecule has 1 amide bonds. The molecule has 6 rings (SSSR count). The second-order valence-electron chi connectivity index (χ2n) is 10.4. The Bertz CT molecular complexity index is 1290. The molecule has 5 heterocycles. The van der Waals surface area contributed by atoms with Gasteiger partial charge in [0.15, 0.2) is 11.5 Å². The van der Waals surface area contributed by atoms with Crippen molar-refractivity contribution in [1.29, 1.82) is 0 Å². The first-order valence-corrected chi connectivity index (χ1v) is 12.9. The van der Waals surface area contributed by atoms with Gasteiger partial charge < -0.3 is 24.7 Å². The largest absolute Gasteiger partial charge is 0.477 e. The highest BCUT2D eigenvalue weighted by Gasteiger charge is 2.53. The third-order valence-electron chi connectivity index (χ3n) is 8.13. The van der Waals surface area contributed by atoms with Gasteiger partial charge in [0.1, 0.15) is 5.56 Å². The lowest BCUT2D eigenvalue weighted by molar-refractivity contribution is -0.0393. The van der Waals surface area contributed by atoms with Crippen LogP contribution in [-0.4, -0.2) is 57.5 Å². The molecule has 10 heteroatoms. The van der Waals surface area contributed by atoms with E-state index in [1.54, 1.807) is 23.7 Å². The number of imidazole rings is 1. The molecule has 1 saturated carbocycles. The van der Waals surface area contributed by atoms with Gasteiger partial charge in [0, 0.05) is 50.3 Å². The molecule has 36 heavy (non-hydrogen) atoms. The first kappa shape index (κ1) is 23.1. The number of aryl methyl sites for hydroxylation is 1. The molecule has 3 aromatic heterocycles. The molecule has 0 radical (unpaired) electrons. The smallest absolute Gasteiger partial charge is 0.262 e. The Hall–Kier alpha value is -3.27. The third-order valence-corrected chi connectivity index (χ3v) is 8.13. The lowest BCUT2D eigenvalue weighted by atomic mass is 9.55. The number of carbonyl (C=O) groups excluding carboxylic acids is 1. The topological polar surface area (TPSA) is 96.7 Å². The summed E-state index contributed by atoms with van der Waals surface area (Å²) in [6, 6.07) is 1.92. The molecular weight excluding hydrogens is 461 g/mol. The average Bonchev–Trinajstić information content (AvgIpc) is 3.19. The van der Waals surface area contributed by atoms with Gasteiger partial charge in [-0.15, -0.1) is 0 Å². The SMILES string of the molecule is CCOc1nc(N2CCC(C3NCC34CCC4)CC2)ncc1C(=O)Nc1cc(F)c2nc(C)cn2c1. The van der Waals surface area contributed by atoms with Crippen LogP contribution in [0.1, 0.15) is 55.1 Å². The van der Waals surface area contributed by atoms with E-state index < -0.39 is 11.7 Å². The van der Waals surface area contributed by atoms with Crippen LogP contribution in [0.15, 0.2) is 24.7 Å². The zero-order valence-corrected chi connectivity index (χ0v) is 20.8. The molecule has 9 nitrogen and oxygen atoms in total. The number of halogens is 1. The molecule has 2 aliphatic heterocycles. The fourth-order valence-corrected chi connectivity index (χ4v) is 6.09. The maximum atomic E-state index is 14.4. The van der Waals surface area contributed by atoms with Crippen LogP contribution in [0.2, 0.25) is 0 Å². The number of amides is 1. The molecule has 3 fully saturated rings. The van der Waals surface area contributed by atoms with Crippen LogP contribution >= 0.6 is 0 Å². The van der Waals surface area contributed by atoms with Gasteiger partial charge in [-0.3, -0.25) is 4.79 Å². The summed E-state index contributed by atoms with van der Waals surface area (Å²) in [6.07, 6.45) is 11.2. The van der Waals surface area contributed by atoms with Crippen LogP contribution in [0.3, 0.4) is 0 Å². The van der Waals surface area contributed by atoms with E-state index in [-0.39, 0.29) is 17.1 Å². The van der Waals surface area contributed by atoms with Crippen molar-refractivity contribution in [2.75, 3.05) is 36.5 Å². The summed E-state index contributed by atoms with van der Waals surface area (Å²) in [5, 5.41) is 6.44. The van der Waals surface area contributed by atoms with Crippen LogP contribution in [0, 0.1) is 24.1 Å². The van der Waals surface area contributed by atoms with E-state index in [1.165, 1.54) is 38.1 Å². The Morgan fingerprint density at radius 1 is 1.28 bits per heavy atom.